The summed E-state index contributed by atoms with van der Waals surface area (Å²) in [5.41, 5.74) is 3.29. The number of fused-ring (bicyclic) bond motifs is 1. The highest BCUT2D eigenvalue weighted by Gasteiger charge is 2.26. The third-order valence-corrected chi connectivity index (χ3v) is 5.19. The molecule has 0 aliphatic carbocycles. The predicted octanol–water partition coefficient (Wildman–Crippen LogP) is 4.02. The summed E-state index contributed by atoms with van der Waals surface area (Å²) in [4.78, 5) is 3.82. The number of halogens is 1. The molecule has 0 saturated heterocycles. The monoisotopic (exact) mass is 293 g/mol. The van der Waals surface area contributed by atoms with Crippen LogP contribution in [0, 0.1) is 0 Å². The van der Waals surface area contributed by atoms with Crippen LogP contribution in [0.5, 0.6) is 0 Å². The molecule has 2 heterocycles. The Morgan fingerprint density at radius 1 is 1.42 bits per heavy atom. The Labute approximate surface area is 122 Å². The Balaban J connectivity index is 2.02. The second kappa shape index (κ2) is 5.16. The van der Waals surface area contributed by atoms with Gasteiger partial charge in [0.05, 0.1) is 12.6 Å². The van der Waals surface area contributed by atoms with Gasteiger partial charge in [-0.3, -0.25) is 0 Å². The Hall–Kier alpha value is -1.03. The molecule has 0 saturated carbocycles. The van der Waals surface area contributed by atoms with E-state index in [1.54, 1.807) is 0 Å². The minimum Gasteiger partial charge on any atom is -0.392 e. The molecule has 1 aliphatic rings. The lowest BCUT2D eigenvalue weighted by molar-refractivity contribution is 0.282. The largest absolute Gasteiger partial charge is 0.392 e. The van der Waals surface area contributed by atoms with E-state index in [4.69, 9.17) is 11.6 Å². The number of benzene rings is 1. The van der Waals surface area contributed by atoms with Crippen LogP contribution in [0.4, 0.5) is 5.69 Å². The minimum absolute atomic E-state index is 0.0191. The smallest absolute Gasteiger partial charge is 0.0716 e. The third-order valence-electron chi connectivity index (χ3n) is 3.84. The molecule has 4 heteroatoms. The van der Waals surface area contributed by atoms with Crippen molar-refractivity contribution >= 4 is 28.6 Å². The summed E-state index contributed by atoms with van der Waals surface area (Å²) in [6.07, 6.45) is 1.06. The number of aliphatic hydroxyl groups excluding tert-OH is 1. The lowest BCUT2D eigenvalue weighted by Gasteiger charge is -2.36. The zero-order chi connectivity index (χ0) is 13.4. The van der Waals surface area contributed by atoms with Gasteiger partial charge in [0.25, 0.3) is 0 Å². The molecule has 100 valence electrons. The highest BCUT2D eigenvalue weighted by molar-refractivity contribution is 7.10. The molecule has 1 unspecified atom stereocenters. The lowest BCUT2D eigenvalue weighted by atomic mass is 9.99. The first-order valence-corrected chi connectivity index (χ1v) is 7.69. The maximum Gasteiger partial charge on any atom is 0.0716 e. The average Bonchev–Trinajstić information content (AvgIpc) is 2.88. The van der Waals surface area contributed by atoms with Crippen molar-refractivity contribution in [3.63, 3.8) is 0 Å². The molecular formula is C15H16ClNOS. The van der Waals surface area contributed by atoms with Crippen LogP contribution < -0.4 is 4.90 Å². The first-order valence-electron chi connectivity index (χ1n) is 6.43. The highest BCUT2D eigenvalue weighted by Crippen LogP contribution is 2.38. The van der Waals surface area contributed by atoms with Crippen molar-refractivity contribution in [2.45, 2.75) is 26.0 Å². The fraction of sp³-hybridized carbons (Fsp3) is 0.333. The number of hydrogen-bond acceptors (Lipinski definition) is 3. The van der Waals surface area contributed by atoms with Crippen molar-refractivity contribution in [1.82, 2.24) is 0 Å². The third kappa shape index (κ3) is 2.16. The Bertz CT molecular complexity index is 596. The van der Waals surface area contributed by atoms with Crippen molar-refractivity contribution in [3.05, 3.63) is 50.7 Å². The Morgan fingerprint density at radius 2 is 2.26 bits per heavy atom. The summed E-state index contributed by atoms with van der Waals surface area (Å²) >= 11 is 8.03. The van der Waals surface area contributed by atoms with Crippen LogP contribution in [0.2, 0.25) is 5.02 Å². The van der Waals surface area contributed by atoms with Crippen molar-refractivity contribution < 1.29 is 5.11 Å². The van der Waals surface area contributed by atoms with E-state index in [9.17, 15) is 5.11 Å². The van der Waals surface area contributed by atoms with E-state index >= 15 is 0 Å². The van der Waals surface area contributed by atoms with Crippen LogP contribution in [0.25, 0.3) is 0 Å². The van der Waals surface area contributed by atoms with Crippen LogP contribution >= 0.6 is 22.9 Å². The fourth-order valence-corrected chi connectivity index (χ4v) is 4.00. The SMILES string of the molecule is CC1c2ccsc2CCN1c1cccc(Cl)c1CO. The summed E-state index contributed by atoms with van der Waals surface area (Å²) in [5.74, 6) is 0. The molecule has 0 fully saturated rings. The number of rotatable bonds is 2. The zero-order valence-electron chi connectivity index (χ0n) is 10.8. The van der Waals surface area contributed by atoms with Gasteiger partial charge in [0.1, 0.15) is 0 Å². The summed E-state index contributed by atoms with van der Waals surface area (Å²) in [6, 6.07) is 8.37. The van der Waals surface area contributed by atoms with Crippen molar-refractivity contribution in [2.24, 2.45) is 0 Å². The van der Waals surface area contributed by atoms with Crippen LogP contribution in [0.3, 0.4) is 0 Å². The fourth-order valence-electron chi connectivity index (χ4n) is 2.81. The number of hydrogen-bond donors (Lipinski definition) is 1. The quantitative estimate of drug-likeness (QED) is 0.904. The molecule has 0 radical (unpaired) electrons. The van der Waals surface area contributed by atoms with Crippen LogP contribution in [0.1, 0.15) is 29.0 Å². The predicted molar refractivity (Wildman–Crippen MR) is 81.2 cm³/mol. The van der Waals surface area contributed by atoms with Crippen molar-refractivity contribution in [3.8, 4) is 0 Å². The number of thiophene rings is 1. The molecule has 3 rings (SSSR count). The first kappa shape index (κ1) is 13.0. The normalized spacial score (nSPS) is 18.5. The molecule has 1 N–H and O–H groups in total. The molecule has 19 heavy (non-hydrogen) atoms. The van der Waals surface area contributed by atoms with Crippen LogP contribution in [-0.4, -0.2) is 11.7 Å². The van der Waals surface area contributed by atoms with Crippen LogP contribution in [0.15, 0.2) is 29.6 Å². The van der Waals surface area contributed by atoms with Crippen molar-refractivity contribution in [2.75, 3.05) is 11.4 Å². The number of aliphatic hydroxyl groups is 1. The van der Waals surface area contributed by atoms with Gasteiger partial charge in [0.15, 0.2) is 0 Å². The second-order valence-corrected chi connectivity index (χ2v) is 6.22. The van der Waals surface area contributed by atoms with Gasteiger partial charge in [-0.25, -0.2) is 0 Å². The van der Waals surface area contributed by atoms with E-state index in [1.165, 1.54) is 10.4 Å². The molecular weight excluding hydrogens is 278 g/mol. The van der Waals surface area contributed by atoms with E-state index in [-0.39, 0.29) is 6.61 Å². The number of nitrogens with zero attached hydrogens (tertiary/aromatic N) is 1. The van der Waals surface area contributed by atoms with E-state index < -0.39 is 0 Å². The average molecular weight is 294 g/mol. The summed E-state index contributed by atoms with van der Waals surface area (Å²) in [6.45, 7) is 3.17. The Kier molecular flexibility index (Phi) is 3.52. The molecule has 1 aliphatic heterocycles. The van der Waals surface area contributed by atoms with Gasteiger partial charge < -0.3 is 10.0 Å². The molecule has 1 aromatic carbocycles. The molecule has 2 aromatic rings. The maximum atomic E-state index is 9.56. The summed E-state index contributed by atoms with van der Waals surface area (Å²) in [5, 5.41) is 12.4. The topological polar surface area (TPSA) is 23.5 Å². The van der Waals surface area contributed by atoms with Gasteiger partial charge in [-0.05, 0) is 42.5 Å². The molecule has 0 spiro atoms. The summed E-state index contributed by atoms with van der Waals surface area (Å²) < 4.78 is 0. The highest BCUT2D eigenvalue weighted by atomic mass is 35.5. The van der Waals surface area contributed by atoms with Crippen molar-refractivity contribution in [1.29, 1.82) is 0 Å². The lowest BCUT2D eigenvalue weighted by Crippen LogP contribution is -2.33. The van der Waals surface area contributed by atoms with E-state index in [2.05, 4.69) is 23.3 Å². The Morgan fingerprint density at radius 3 is 3.05 bits per heavy atom. The van der Waals surface area contributed by atoms with Gasteiger partial charge in [-0.15, -0.1) is 11.3 Å². The molecule has 1 aromatic heterocycles. The van der Waals surface area contributed by atoms with Gasteiger partial charge in [0, 0.05) is 27.7 Å². The van der Waals surface area contributed by atoms with Gasteiger partial charge in [-0.2, -0.15) is 0 Å². The van der Waals surface area contributed by atoms with Gasteiger partial charge >= 0.3 is 0 Å². The van der Waals surface area contributed by atoms with Gasteiger partial charge in [-0.1, -0.05) is 17.7 Å². The van der Waals surface area contributed by atoms with E-state index in [0.717, 1.165) is 24.2 Å². The molecule has 0 amide bonds. The zero-order valence-corrected chi connectivity index (χ0v) is 12.3. The molecule has 0 bridgehead atoms. The standard InChI is InChI=1S/C15H16ClNOS/c1-10-11-6-8-19-15(11)5-7-17(10)14-4-2-3-13(16)12(14)9-18/h2-4,6,8,10,18H,5,7,9H2,1H3. The van der Waals surface area contributed by atoms with E-state index in [0.29, 0.717) is 11.1 Å². The maximum absolute atomic E-state index is 9.56. The molecule has 2 nitrogen and oxygen atoms in total. The summed E-state index contributed by atoms with van der Waals surface area (Å²) in [7, 11) is 0. The minimum atomic E-state index is -0.0191. The second-order valence-electron chi connectivity index (χ2n) is 4.81. The van der Waals surface area contributed by atoms with E-state index in [1.807, 2.05) is 29.5 Å². The van der Waals surface area contributed by atoms with Gasteiger partial charge in [0.2, 0.25) is 0 Å². The number of anilines is 1. The van der Waals surface area contributed by atoms with Crippen LogP contribution in [-0.2, 0) is 13.0 Å². The molecule has 1 atom stereocenters. The first-order chi connectivity index (χ1) is 9.22.